The van der Waals surface area contributed by atoms with Gasteiger partial charge in [0.2, 0.25) is 6.79 Å². The molecule has 25 heavy (non-hydrogen) atoms. The van der Waals surface area contributed by atoms with Crippen LogP contribution in [0.2, 0.25) is 0 Å². The number of hydrogen-bond acceptors (Lipinski definition) is 4. The third-order valence-electron chi connectivity index (χ3n) is 4.35. The van der Waals surface area contributed by atoms with Crippen molar-refractivity contribution in [2.24, 2.45) is 0 Å². The second-order valence-corrected chi connectivity index (χ2v) is 6.62. The van der Waals surface area contributed by atoms with E-state index in [1.54, 1.807) is 0 Å². The summed E-state index contributed by atoms with van der Waals surface area (Å²) in [5.41, 5.74) is 3.61. The first-order valence-electron chi connectivity index (χ1n) is 8.62. The molecule has 0 saturated heterocycles. The van der Waals surface area contributed by atoms with E-state index < -0.39 is 6.10 Å². The molecule has 1 unspecified atom stereocenters. The van der Waals surface area contributed by atoms with E-state index in [2.05, 4.69) is 32.2 Å². The van der Waals surface area contributed by atoms with Crippen molar-refractivity contribution in [2.75, 3.05) is 27.0 Å². The Labute approximate surface area is 148 Å². The van der Waals surface area contributed by atoms with Gasteiger partial charge in [0.1, 0.15) is 19.2 Å². The Bertz CT molecular complexity index is 704. The fourth-order valence-electron chi connectivity index (χ4n) is 3.01. The van der Waals surface area contributed by atoms with Crippen LogP contribution in [0.4, 0.5) is 0 Å². The standard InChI is InChI=1S/C20H25NO4/c1-15-5-3-4-6-17(15)10-21(2)11-18(22)13-23-12-16-7-8-19-20(9-16)25-14-24-19/h3-9,18,22H,10-14H2,1-2H3/p+1/t18-/m0/s1. The van der Waals surface area contributed by atoms with Crippen LogP contribution in [0.15, 0.2) is 42.5 Å². The van der Waals surface area contributed by atoms with Crippen LogP contribution in [-0.2, 0) is 17.9 Å². The zero-order valence-electron chi connectivity index (χ0n) is 14.8. The number of benzene rings is 2. The highest BCUT2D eigenvalue weighted by molar-refractivity contribution is 5.44. The number of aryl methyl sites for hydroxylation is 1. The molecule has 0 aliphatic carbocycles. The molecular formula is C20H26NO4+. The van der Waals surface area contributed by atoms with Crippen molar-refractivity contribution in [2.45, 2.75) is 26.2 Å². The molecule has 1 aliphatic heterocycles. The largest absolute Gasteiger partial charge is 0.454 e. The molecule has 0 radical (unpaired) electrons. The van der Waals surface area contributed by atoms with E-state index in [9.17, 15) is 5.11 Å². The fourth-order valence-corrected chi connectivity index (χ4v) is 3.01. The summed E-state index contributed by atoms with van der Waals surface area (Å²) in [6, 6.07) is 14.1. The average Bonchev–Trinajstić information content (AvgIpc) is 3.04. The molecule has 0 saturated carbocycles. The van der Waals surface area contributed by atoms with Gasteiger partial charge in [0, 0.05) is 5.56 Å². The van der Waals surface area contributed by atoms with Crippen LogP contribution in [0.1, 0.15) is 16.7 Å². The molecule has 134 valence electrons. The lowest BCUT2D eigenvalue weighted by Gasteiger charge is -2.19. The molecule has 1 aliphatic rings. The van der Waals surface area contributed by atoms with Crippen molar-refractivity contribution in [1.82, 2.24) is 0 Å². The number of likely N-dealkylation sites (N-methyl/N-ethyl adjacent to an activating group) is 1. The molecule has 0 spiro atoms. The summed E-state index contributed by atoms with van der Waals surface area (Å²) in [5.74, 6) is 1.52. The van der Waals surface area contributed by atoms with E-state index in [4.69, 9.17) is 14.2 Å². The molecule has 1 heterocycles. The van der Waals surface area contributed by atoms with Gasteiger partial charge in [-0.1, -0.05) is 30.3 Å². The van der Waals surface area contributed by atoms with Crippen molar-refractivity contribution < 1.29 is 24.2 Å². The van der Waals surface area contributed by atoms with Gasteiger partial charge in [0.05, 0.1) is 20.3 Å². The van der Waals surface area contributed by atoms with Crippen LogP contribution >= 0.6 is 0 Å². The molecule has 5 nitrogen and oxygen atoms in total. The van der Waals surface area contributed by atoms with Crippen molar-refractivity contribution in [1.29, 1.82) is 0 Å². The highest BCUT2D eigenvalue weighted by Crippen LogP contribution is 2.32. The van der Waals surface area contributed by atoms with E-state index in [0.29, 0.717) is 19.8 Å². The summed E-state index contributed by atoms with van der Waals surface area (Å²) < 4.78 is 16.3. The van der Waals surface area contributed by atoms with Gasteiger partial charge in [-0.15, -0.1) is 0 Å². The van der Waals surface area contributed by atoms with E-state index in [-0.39, 0.29) is 6.79 Å². The van der Waals surface area contributed by atoms with Gasteiger partial charge in [-0.25, -0.2) is 0 Å². The Balaban J connectivity index is 1.40. The van der Waals surface area contributed by atoms with Crippen molar-refractivity contribution in [3.8, 4) is 11.5 Å². The second kappa shape index (κ2) is 8.34. The highest BCUT2D eigenvalue weighted by atomic mass is 16.7. The lowest BCUT2D eigenvalue weighted by Crippen LogP contribution is -3.09. The van der Waals surface area contributed by atoms with Crippen LogP contribution in [0.5, 0.6) is 11.5 Å². The topological polar surface area (TPSA) is 52.4 Å². The lowest BCUT2D eigenvalue weighted by molar-refractivity contribution is -0.897. The zero-order chi connectivity index (χ0) is 17.6. The molecular weight excluding hydrogens is 318 g/mol. The third-order valence-corrected chi connectivity index (χ3v) is 4.35. The first kappa shape index (κ1) is 17.7. The number of aliphatic hydroxyl groups is 1. The van der Waals surface area contributed by atoms with Crippen LogP contribution in [0.25, 0.3) is 0 Å². The number of ether oxygens (including phenoxy) is 3. The fraction of sp³-hybridized carbons (Fsp3) is 0.400. The van der Waals surface area contributed by atoms with Gasteiger partial charge >= 0.3 is 0 Å². The van der Waals surface area contributed by atoms with Crippen molar-refractivity contribution in [3.05, 3.63) is 59.2 Å². The SMILES string of the molecule is Cc1ccccc1C[NH+](C)C[C@H](O)COCc1ccc2c(c1)OCO2. The maximum absolute atomic E-state index is 10.2. The average molecular weight is 344 g/mol. The van der Waals surface area contributed by atoms with Gasteiger partial charge in [0.25, 0.3) is 0 Å². The van der Waals surface area contributed by atoms with Gasteiger partial charge in [0.15, 0.2) is 11.5 Å². The first-order chi connectivity index (χ1) is 12.1. The van der Waals surface area contributed by atoms with E-state index in [0.717, 1.165) is 23.6 Å². The van der Waals surface area contributed by atoms with Crippen LogP contribution < -0.4 is 14.4 Å². The Kier molecular flexibility index (Phi) is 5.91. The molecule has 0 bridgehead atoms. The Morgan fingerprint density at radius 3 is 2.80 bits per heavy atom. The minimum Gasteiger partial charge on any atom is -0.454 e. The maximum atomic E-state index is 10.2. The van der Waals surface area contributed by atoms with Gasteiger partial charge in [-0.05, 0) is 30.2 Å². The molecule has 2 N–H and O–H groups in total. The van der Waals surface area contributed by atoms with Gasteiger partial charge in [-0.2, -0.15) is 0 Å². The van der Waals surface area contributed by atoms with Crippen molar-refractivity contribution in [3.63, 3.8) is 0 Å². The molecule has 0 fully saturated rings. The summed E-state index contributed by atoms with van der Waals surface area (Å²) in [6.07, 6.45) is -0.488. The van der Waals surface area contributed by atoms with Crippen LogP contribution in [-0.4, -0.2) is 38.2 Å². The summed E-state index contributed by atoms with van der Waals surface area (Å²) in [5, 5.41) is 10.2. The number of aliphatic hydroxyl groups excluding tert-OH is 1. The van der Waals surface area contributed by atoms with E-state index in [1.807, 2.05) is 24.3 Å². The quantitative estimate of drug-likeness (QED) is 0.758. The summed E-state index contributed by atoms with van der Waals surface area (Å²) >= 11 is 0. The minimum absolute atomic E-state index is 0.272. The van der Waals surface area contributed by atoms with Gasteiger partial charge in [-0.3, -0.25) is 0 Å². The zero-order valence-corrected chi connectivity index (χ0v) is 14.8. The maximum Gasteiger partial charge on any atom is 0.231 e. The van der Waals surface area contributed by atoms with E-state index in [1.165, 1.54) is 16.0 Å². The van der Waals surface area contributed by atoms with Crippen LogP contribution in [0, 0.1) is 6.92 Å². The molecule has 2 aromatic carbocycles. The second-order valence-electron chi connectivity index (χ2n) is 6.62. The predicted octanol–water partition coefficient (Wildman–Crippen LogP) is 1.32. The van der Waals surface area contributed by atoms with Crippen LogP contribution in [0.3, 0.4) is 0 Å². The Morgan fingerprint density at radius 2 is 1.96 bits per heavy atom. The Morgan fingerprint density at radius 1 is 1.16 bits per heavy atom. The number of quaternary nitrogens is 1. The smallest absolute Gasteiger partial charge is 0.231 e. The summed E-state index contributed by atoms with van der Waals surface area (Å²) in [4.78, 5) is 1.26. The number of rotatable bonds is 8. The molecule has 3 rings (SSSR count). The first-order valence-corrected chi connectivity index (χ1v) is 8.62. The predicted molar refractivity (Wildman–Crippen MR) is 94.9 cm³/mol. The van der Waals surface area contributed by atoms with E-state index >= 15 is 0 Å². The monoisotopic (exact) mass is 344 g/mol. The normalized spacial score (nSPS) is 15.2. The summed E-state index contributed by atoms with van der Waals surface area (Å²) in [7, 11) is 2.09. The number of fused-ring (bicyclic) bond motifs is 1. The lowest BCUT2D eigenvalue weighted by atomic mass is 10.1. The molecule has 2 atom stereocenters. The third kappa shape index (κ3) is 4.95. The number of hydrogen-bond donors (Lipinski definition) is 2. The molecule has 0 aromatic heterocycles. The van der Waals surface area contributed by atoms with Crippen molar-refractivity contribution >= 4 is 0 Å². The Hall–Kier alpha value is -2.08. The molecule has 0 amide bonds. The minimum atomic E-state index is -0.488. The summed E-state index contributed by atoms with van der Waals surface area (Å²) in [6.45, 7) is 4.70. The molecule has 5 heteroatoms. The van der Waals surface area contributed by atoms with Gasteiger partial charge < -0.3 is 24.2 Å². The highest BCUT2D eigenvalue weighted by Gasteiger charge is 2.15. The number of nitrogens with one attached hydrogen (secondary N) is 1. The molecule has 2 aromatic rings.